The highest BCUT2D eigenvalue weighted by Gasteiger charge is 2.35. The van der Waals surface area contributed by atoms with Gasteiger partial charge in [0.25, 0.3) is 0 Å². The molecule has 1 amide bonds. The number of hydrogen-bond acceptors (Lipinski definition) is 5. The zero-order valence-corrected chi connectivity index (χ0v) is 16.5. The smallest absolute Gasteiger partial charge is 0.307 e. The summed E-state index contributed by atoms with van der Waals surface area (Å²) in [5.74, 6) is 1.57. The summed E-state index contributed by atoms with van der Waals surface area (Å²) in [4.78, 5) is 27.0. The zero-order chi connectivity index (χ0) is 19.4. The van der Waals surface area contributed by atoms with Crippen LogP contribution in [0.25, 0.3) is 0 Å². The lowest BCUT2D eigenvalue weighted by atomic mass is 9.89. The minimum atomic E-state index is -0.324. The molecule has 1 aliphatic heterocycles. The summed E-state index contributed by atoms with van der Waals surface area (Å²) >= 11 is 0. The molecule has 0 aromatic heterocycles. The predicted molar refractivity (Wildman–Crippen MR) is 101 cm³/mol. The maximum atomic E-state index is 13.0. The molecule has 27 heavy (non-hydrogen) atoms. The number of methoxy groups -OCH3 is 3. The fraction of sp³-hybridized carbons (Fsp3) is 0.619. The average molecular weight is 375 g/mol. The summed E-state index contributed by atoms with van der Waals surface area (Å²) in [5, 5.41) is 0. The standard InChI is InChI=1S/C21H29NO5/c1-25-18-11-15-8-9-22(20(23)10-14-6-4-5-7-14)17(13-21(24)27-3)16(15)12-19(18)26-2/h11-12,14,17H,4-10,13H2,1-3H3/t17-/m1/s1. The Balaban J connectivity index is 1.90. The Kier molecular flexibility index (Phi) is 6.24. The first-order chi connectivity index (χ1) is 13.1. The fourth-order valence-electron chi connectivity index (χ4n) is 4.37. The Hall–Kier alpha value is -2.24. The first-order valence-corrected chi connectivity index (χ1v) is 9.68. The molecule has 148 valence electrons. The van der Waals surface area contributed by atoms with E-state index in [2.05, 4.69) is 0 Å². The summed E-state index contributed by atoms with van der Waals surface area (Å²) in [7, 11) is 4.58. The molecule has 0 unspecified atom stereocenters. The number of hydrogen-bond donors (Lipinski definition) is 0. The number of carbonyl (C=O) groups excluding carboxylic acids is 2. The van der Waals surface area contributed by atoms with Gasteiger partial charge in [0, 0.05) is 13.0 Å². The van der Waals surface area contributed by atoms with Gasteiger partial charge in [-0.1, -0.05) is 12.8 Å². The number of benzene rings is 1. The van der Waals surface area contributed by atoms with Crippen molar-refractivity contribution in [1.82, 2.24) is 4.90 Å². The largest absolute Gasteiger partial charge is 0.493 e. The molecule has 1 heterocycles. The predicted octanol–water partition coefficient (Wildman–Crippen LogP) is 3.27. The number of fused-ring (bicyclic) bond motifs is 1. The van der Waals surface area contributed by atoms with Gasteiger partial charge in [-0.25, -0.2) is 0 Å². The molecule has 0 spiro atoms. The van der Waals surface area contributed by atoms with Gasteiger partial charge in [-0.3, -0.25) is 9.59 Å². The van der Waals surface area contributed by atoms with Crippen molar-refractivity contribution >= 4 is 11.9 Å². The molecule has 0 radical (unpaired) electrons. The van der Waals surface area contributed by atoms with Crippen LogP contribution < -0.4 is 9.47 Å². The van der Waals surface area contributed by atoms with Gasteiger partial charge < -0.3 is 19.1 Å². The van der Waals surface area contributed by atoms with E-state index in [1.54, 1.807) is 14.2 Å². The summed E-state index contributed by atoms with van der Waals surface area (Å²) in [5.41, 5.74) is 2.04. The van der Waals surface area contributed by atoms with Crippen molar-refractivity contribution < 1.29 is 23.8 Å². The summed E-state index contributed by atoms with van der Waals surface area (Å²) < 4.78 is 15.7. The third-order valence-electron chi connectivity index (χ3n) is 5.85. The molecule has 1 aromatic rings. The lowest BCUT2D eigenvalue weighted by molar-refractivity contribution is -0.144. The van der Waals surface area contributed by atoms with E-state index in [-0.39, 0.29) is 24.3 Å². The molecule has 6 heteroatoms. The normalized spacial score (nSPS) is 19.5. The lowest BCUT2D eigenvalue weighted by Crippen LogP contribution is -2.41. The van der Waals surface area contributed by atoms with Crippen molar-refractivity contribution in [3.8, 4) is 11.5 Å². The van der Waals surface area contributed by atoms with Crippen molar-refractivity contribution in [2.45, 2.75) is 51.0 Å². The van der Waals surface area contributed by atoms with Crippen molar-refractivity contribution in [3.63, 3.8) is 0 Å². The van der Waals surface area contributed by atoms with Gasteiger partial charge >= 0.3 is 5.97 Å². The second kappa shape index (κ2) is 8.63. The highest BCUT2D eigenvalue weighted by molar-refractivity contribution is 5.79. The van der Waals surface area contributed by atoms with Crippen LogP contribution in [0.1, 0.15) is 55.7 Å². The van der Waals surface area contributed by atoms with Crippen LogP contribution in [0.5, 0.6) is 11.5 Å². The minimum Gasteiger partial charge on any atom is -0.493 e. The molecule has 0 saturated heterocycles. The van der Waals surface area contributed by atoms with Gasteiger partial charge in [0.1, 0.15) is 0 Å². The first kappa shape index (κ1) is 19.5. The van der Waals surface area contributed by atoms with Crippen LogP contribution in [0.2, 0.25) is 0 Å². The molecule has 0 N–H and O–H groups in total. The van der Waals surface area contributed by atoms with Gasteiger partial charge in [0.05, 0.1) is 33.8 Å². The second-order valence-corrected chi connectivity index (χ2v) is 7.39. The molecular weight excluding hydrogens is 346 g/mol. The van der Waals surface area contributed by atoms with E-state index in [1.165, 1.54) is 20.0 Å². The Morgan fingerprint density at radius 3 is 2.33 bits per heavy atom. The fourth-order valence-corrected chi connectivity index (χ4v) is 4.37. The number of rotatable bonds is 6. The van der Waals surface area contributed by atoms with Gasteiger partial charge in [-0.15, -0.1) is 0 Å². The molecule has 0 bridgehead atoms. The van der Waals surface area contributed by atoms with Crippen LogP contribution >= 0.6 is 0 Å². The van der Waals surface area contributed by atoms with E-state index in [1.807, 2.05) is 17.0 Å². The maximum Gasteiger partial charge on any atom is 0.307 e. The summed E-state index contributed by atoms with van der Waals surface area (Å²) in [6.07, 6.45) is 6.14. The number of esters is 1. The third kappa shape index (κ3) is 4.20. The van der Waals surface area contributed by atoms with E-state index in [0.717, 1.165) is 30.4 Å². The van der Waals surface area contributed by atoms with Crippen LogP contribution in [0.3, 0.4) is 0 Å². The maximum absolute atomic E-state index is 13.0. The van der Waals surface area contributed by atoms with Crippen molar-refractivity contribution in [3.05, 3.63) is 23.3 Å². The van der Waals surface area contributed by atoms with Crippen LogP contribution in [-0.2, 0) is 20.7 Å². The Labute approximate surface area is 160 Å². The lowest BCUT2D eigenvalue weighted by Gasteiger charge is -2.38. The third-order valence-corrected chi connectivity index (χ3v) is 5.85. The number of carbonyl (C=O) groups is 2. The van der Waals surface area contributed by atoms with Crippen LogP contribution in [0, 0.1) is 5.92 Å². The molecule has 2 aliphatic rings. The van der Waals surface area contributed by atoms with Gasteiger partial charge in [-0.05, 0) is 48.4 Å². The molecule has 1 atom stereocenters. The summed E-state index contributed by atoms with van der Waals surface area (Å²) in [6.45, 7) is 0.607. The molecule has 1 aliphatic carbocycles. The highest BCUT2D eigenvalue weighted by atomic mass is 16.5. The molecule has 1 fully saturated rings. The van der Waals surface area contributed by atoms with E-state index < -0.39 is 0 Å². The Morgan fingerprint density at radius 1 is 1.04 bits per heavy atom. The Bertz CT molecular complexity index is 696. The van der Waals surface area contributed by atoms with E-state index in [4.69, 9.17) is 14.2 Å². The molecule has 1 aromatic carbocycles. The molecule has 6 nitrogen and oxygen atoms in total. The SMILES string of the molecule is COC(=O)C[C@@H]1c2cc(OC)c(OC)cc2CCN1C(=O)CC1CCCC1. The number of ether oxygens (including phenoxy) is 3. The molecule has 1 saturated carbocycles. The zero-order valence-electron chi connectivity index (χ0n) is 16.5. The van der Waals surface area contributed by atoms with E-state index in [0.29, 0.717) is 30.4 Å². The van der Waals surface area contributed by atoms with Crippen molar-refractivity contribution in [2.75, 3.05) is 27.9 Å². The number of amides is 1. The monoisotopic (exact) mass is 375 g/mol. The highest BCUT2D eigenvalue weighted by Crippen LogP contribution is 2.40. The quantitative estimate of drug-likeness (QED) is 0.714. The first-order valence-electron chi connectivity index (χ1n) is 9.68. The van der Waals surface area contributed by atoms with Gasteiger partial charge in [0.15, 0.2) is 11.5 Å². The van der Waals surface area contributed by atoms with E-state index in [9.17, 15) is 9.59 Å². The van der Waals surface area contributed by atoms with Gasteiger partial charge in [-0.2, -0.15) is 0 Å². The molecule has 3 rings (SSSR count). The number of nitrogens with zero attached hydrogens (tertiary/aromatic N) is 1. The average Bonchev–Trinajstić information content (AvgIpc) is 3.19. The summed E-state index contributed by atoms with van der Waals surface area (Å²) in [6, 6.07) is 3.53. The van der Waals surface area contributed by atoms with E-state index >= 15 is 0 Å². The van der Waals surface area contributed by atoms with Crippen LogP contribution in [0.4, 0.5) is 0 Å². The van der Waals surface area contributed by atoms with Crippen molar-refractivity contribution in [1.29, 1.82) is 0 Å². The topological polar surface area (TPSA) is 65.1 Å². The molecular formula is C21H29NO5. The Morgan fingerprint density at radius 2 is 1.70 bits per heavy atom. The van der Waals surface area contributed by atoms with Crippen LogP contribution in [-0.4, -0.2) is 44.7 Å². The minimum absolute atomic E-state index is 0.135. The van der Waals surface area contributed by atoms with Crippen molar-refractivity contribution in [2.24, 2.45) is 5.92 Å². The van der Waals surface area contributed by atoms with Crippen LogP contribution in [0.15, 0.2) is 12.1 Å². The van der Waals surface area contributed by atoms with Gasteiger partial charge in [0.2, 0.25) is 5.91 Å². The second-order valence-electron chi connectivity index (χ2n) is 7.39.